The van der Waals surface area contributed by atoms with Gasteiger partial charge in [0.2, 0.25) is 0 Å². The summed E-state index contributed by atoms with van der Waals surface area (Å²) in [6.45, 7) is 13.3. The van der Waals surface area contributed by atoms with Gasteiger partial charge in [-0.3, -0.25) is 0 Å². The molecule has 0 spiro atoms. The first-order chi connectivity index (χ1) is 11.2. The molecule has 2 rings (SSSR count). The summed E-state index contributed by atoms with van der Waals surface area (Å²) in [6.07, 6.45) is 1.04. The summed E-state index contributed by atoms with van der Waals surface area (Å²) in [7, 11) is 1.69. The van der Waals surface area contributed by atoms with Crippen molar-refractivity contribution in [3.63, 3.8) is 0 Å². The molecule has 0 bridgehead atoms. The fourth-order valence-corrected chi connectivity index (χ4v) is 2.76. The van der Waals surface area contributed by atoms with Gasteiger partial charge in [0.25, 0.3) is 0 Å². The molecule has 0 radical (unpaired) electrons. The van der Waals surface area contributed by atoms with Gasteiger partial charge in [-0.05, 0) is 29.4 Å². The first kappa shape index (κ1) is 18.4. The van der Waals surface area contributed by atoms with Gasteiger partial charge in [0.05, 0.1) is 7.11 Å². The van der Waals surface area contributed by atoms with Crippen LogP contribution in [-0.4, -0.2) is 7.11 Å². The van der Waals surface area contributed by atoms with E-state index in [0.29, 0.717) is 0 Å². The Kier molecular flexibility index (Phi) is 5.27. The van der Waals surface area contributed by atoms with E-state index in [-0.39, 0.29) is 10.8 Å². The molecular formula is C22H30O2. The Bertz CT molecular complexity index is 693. The predicted molar refractivity (Wildman–Crippen MR) is 102 cm³/mol. The van der Waals surface area contributed by atoms with E-state index >= 15 is 0 Å². The largest absolute Gasteiger partial charge is 0.497 e. The first-order valence-electron chi connectivity index (χ1n) is 8.65. The summed E-state index contributed by atoms with van der Waals surface area (Å²) in [5, 5.41) is 0. The number of ether oxygens (including phenoxy) is 2. The van der Waals surface area contributed by atoms with Gasteiger partial charge in [0.15, 0.2) is 0 Å². The standard InChI is InChI=1S/C22H30O2/c1-8-22(5,6)18-14-13-16(23-7)15-20(18)24-19-12-10-9-11-17(19)21(2,3)4/h9-15H,8H2,1-7H3. The van der Waals surface area contributed by atoms with Crippen molar-refractivity contribution < 1.29 is 9.47 Å². The second-order valence-corrected chi connectivity index (χ2v) is 7.95. The highest BCUT2D eigenvalue weighted by Crippen LogP contribution is 2.41. The van der Waals surface area contributed by atoms with Crippen LogP contribution in [0.25, 0.3) is 0 Å². The minimum Gasteiger partial charge on any atom is -0.497 e. The number of methoxy groups -OCH3 is 1. The summed E-state index contributed by atoms with van der Waals surface area (Å²) >= 11 is 0. The highest BCUT2D eigenvalue weighted by molar-refractivity contribution is 5.49. The maximum atomic E-state index is 6.42. The Morgan fingerprint density at radius 3 is 2.08 bits per heavy atom. The van der Waals surface area contributed by atoms with E-state index < -0.39 is 0 Å². The third-order valence-electron chi connectivity index (χ3n) is 4.72. The Labute approximate surface area is 146 Å². The van der Waals surface area contributed by atoms with E-state index in [1.807, 2.05) is 24.3 Å². The lowest BCUT2D eigenvalue weighted by Crippen LogP contribution is -2.17. The Hall–Kier alpha value is -1.96. The number of hydrogen-bond acceptors (Lipinski definition) is 2. The fourth-order valence-electron chi connectivity index (χ4n) is 2.76. The average molecular weight is 326 g/mol. The van der Waals surface area contributed by atoms with Crippen LogP contribution in [0, 0.1) is 0 Å². The molecule has 2 aromatic rings. The normalized spacial score (nSPS) is 12.1. The van der Waals surface area contributed by atoms with Crippen LogP contribution in [0.3, 0.4) is 0 Å². The highest BCUT2D eigenvalue weighted by atomic mass is 16.5. The van der Waals surface area contributed by atoms with Gasteiger partial charge in [0, 0.05) is 17.2 Å². The third-order valence-corrected chi connectivity index (χ3v) is 4.72. The van der Waals surface area contributed by atoms with Crippen LogP contribution in [0.1, 0.15) is 59.1 Å². The van der Waals surface area contributed by atoms with Crippen molar-refractivity contribution in [1.82, 2.24) is 0 Å². The molecule has 0 N–H and O–H groups in total. The van der Waals surface area contributed by atoms with Crippen molar-refractivity contribution in [3.8, 4) is 17.2 Å². The number of benzene rings is 2. The Morgan fingerprint density at radius 2 is 1.50 bits per heavy atom. The quantitative estimate of drug-likeness (QED) is 0.626. The Morgan fingerprint density at radius 1 is 0.833 bits per heavy atom. The van der Waals surface area contributed by atoms with Crippen molar-refractivity contribution in [3.05, 3.63) is 53.6 Å². The Balaban J connectivity index is 2.54. The van der Waals surface area contributed by atoms with Crippen molar-refractivity contribution in [2.24, 2.45) is 0 Å². The van der Waals surface area contributed by atoms with Crippen LogP contribution < -0.4 is 9.47 Å². The van der Waals surface area contributed by atoms with Crippen LogP contribution in [-0.2, 0) is 10.8 Å². The fraction of sp³-hybridized carbons (Fsp3) is 0.455. The van der Waals surface area contributed by atoms with Gasteiger partial charge in [0.1, 0.15) is 17.2 Å². The number of rotatable bonds is 5. The molecule has 0 fully saturated rings. The predicted octanol–water partition coefficient (Wildman–Crippen LogP) is 6.47. The van der Waals surface area contributed by atoms with Crippen molar-refractivity contribution in [2.75, 3.05) is 7.11 Å². The molecule has 2 nitrogen and oxygen atoms in total. The van der Waals surface area contributed by atoms with E-state index in [1.165, 1.54) is 11.1 Å². The van der Waals surface area contributed by atoms with E-state index in [2.05, 4.69) is 59.7 Å². The zero-order valence-corrected chi connectivity index (χ0v) is 16.1. The highest BCUT2D eigenvalue weighted by Gasteiger charge is 2.25. The van der Waals surface area contributed by atoms with Gasteiger partial charge in [-0.25, -0.2) is 0 Å². The molecule has 2 aromatic carbocycles. The summed E-state index contributed by atoms with van der Waals surface area (Å²) in [6, 6.07) is 14.4. The molecule has 0 atom stereocenters. The molecule has 0 saturated heterocycles. The van der Waals surface area contributed by atoms with E-state index in [0.717, 1.165) is 23.7 Å². The van der Waals surface area contributed by atoms with Gasteiger partial charge < -0.3 is 9.47 Å². The van der Waals surface area contributed by atoms with Crippen LogP contribution in [0.2, 0.25) is 0 Å². The van der Waals surface area contributed by atoms with E-state index in [1.54, 1.807) is 7.11 Å². The molecule has 0 unspecified atom stereocenters. The molecule has 0 aromatic heterocycles. The summed E-state index contributed by atoms with van der Waals surface area (Å²) in [5.41, 5.74) is 2.47. The van der Waals surface area contributed by atoms with E-state index in [4.69, 9.17) is 9.47 Å². The molecule has 0 aliphatic carbocycles. The molecule has 0 aliphatic heterocycles. The molecule has 130 valence electrons. The average Bonchev–Trinajstić information content (AvgIpc) is 2.54. The van der Waals surface area contributed by atoms with Crippen LogP contribution in [0.4, 0.5) is 0 Å². The third kappa shape index (κ3) is 3.92. The lowest BCUT2D eigenvalue weighted by molar-refractivity contribution is 0.398. The maximum Gasteiger partial charge on any atom is 0.134 e. The second kappa shape index (κ2) is 6.88. The number of para-hydroxylation sites is 1. The summed E-state index contributed by atoms with van der Waals surface area (Å²) in [4.78, 5) is 0. The summed E-state index contributed by atoms with van der Waals surface area (Å²) in [5.74, 6) is 2.60. The zero-order valence-electron chi connectivity index (χ0n) is 16.1. The van der Waals surface area contributed by atoms with Gasteiger partial charge >= 0.3 is 0 Å². The smallest absolute Gasteiger partial charge is 0.134 e. The van der Waals surface area contributed by atoms with Crippen LogP contribution >= 0.6 is 0 Å². The zero-order chi connectivity index (χ0) is 18.0. The minimum atomic E-state index is 0.0237. The molecule has 0 saturated carbocycles. The SMILES string of the molecule is CCC(C)(C)c1ccc(OC)cc1Oc1ccccc1C(C)(C)C. The molecule has 24 heavy (non-hydrogen) atoms. The lowest BCUT2D eigenvalue weighted by atomic mass is 9.81. The van der Waals surface area contributed by atoms with Crippen molar-refractivity contribution in [1.29, 1.82) is 0 Å². The van der Waals surface area contributed by atoms with Gasteiger partial charge in [-0.2, -0.15) is 0 Å². The first-order valence-corrected chi connectivity index (χ1v) is 8.65. The van der Waals surface area contributed by atoms with Crippen molar-refractivity contribution >= 4 is 0 Å². The van der Waals surface area contributed by atoms with Gasteiger partial charge in [-0.1, -0.05) is 65.8 Å². The second-order valence-electron chi connectivity index (χ2n) is 7.95. The van der Waals surface area contributed by atoms with Gasteiger partial charge in [-0.15, -0.1) is 0 Å². The van der Waals surface area contributed by atoms with Crippen LogP contribution in [0.15, 0.2) is 42.5 Å². The molecular weight excluding hydrogens is 296 g/mol. The molecule has 0 aliphatic rings. The monoisotopic (exact) mass is 326 g/mol. The molecule has 2 heteroatoms. The van der Waals surface area contributed by atoms with Crippen LogP contribution in [0.5, 0.6) is 17.2 Å². The van der Waals surface area contributed by atoms with E-state index in [9.17, 15) is 0 Å². The molecule has 0 amide bonds. The molecule has 0 heterocycles. The topological polar surface area (TPSA) is 18.5 Å². The maximum absolute atomic E-state index is 6.42. The summed E-state index contributed by atoms with van der Waals surface area (Å²) < 4.78 is 11.8. The number of hydrogen-bond donors (Lipinski definition) is 0. The minimum absolute atomic E-state index is 0.0237. The lowest BCUT2D eigenvalue weighted by Gasteiger charge is -2.28. The van der Waals surface area contributed by atoms with Crippen molar-refractivity contribution in [2.45, 2.75) is 58.8 Å².